The summed E-state index contributed by atoms with van der Waals surface area (Å²) in [6, 6.07) is 5.98. The first kappa shape index (κ1) is 14.1. The second-order valence-electron chi connectivity index (χ2n) is 4.67. The van der Waals surface area contributed by atoms with E-state index in [4.69, 9.17) is 10.5 Å². The Morgan fingerprint density at radius 3 is 3.05 bits per heavy atom. The Hall–Kier alpha value is -2.90. The lowest BCUT2D eigenvalue weighted by molar-refractivity contribution is 0.330. The molecule has 0 spiro atoms. The predicted octanol–water partition coefficient (Wildman–Crippen LogP) is 1.58. The van der Waals surface area contributed by atoms with Crippen LogP contribution in [0.3, 0.4) is 0 Å². The number of nitrogens with one attached hydrogen (secondary N) is 1. The minimum Gasteiger partial charge on any atom is -0.492 e. The second kappa shape index (κ2) is 5.84. The molecule has 3 N–H and O–H groups in total. The Labute approximate surface area is 125 Å². The summed E-state index contributed by atoms with van der Waals surface area (Å²) in [5.41, 5.74) is 6.52. The third-order valence-corrected chi connectivity index (χ3v) is 3.07. The molecule has 8 heteroatoms. The summed E-state index contributed by atoms with van der Waals surface area (Å²) in [6.07, 6.45) is 1.63. The van der Waals surface area contributed by atoms with Crippen molar-refractivity contribution in [2.45, 2.75) is 0 Å². The number of fused-ring (bicyclic) bond motifs is 1. The number of anilines is 2. The monoisotopic (exact) mass is 302 g/mol. The minimum atomic E-state index is -0.330. The number of halogens is 1. The van der Waals surface area contributed by atoms with Crippen LogP contribution in [0, 0.1) is 5.82 Å². The third-order valence-electron chi connectivity index (χ3n) is 3.07. The lowest BCUT2D eigenvalue weighted by atomic mass is 10.3. The van der Waals surface area contributed by atoms with Gasteiger partial charge in [-0.3, -0.25) is 4.68 Å². The Bertz CT molecular complexity index is 803. The van der Waals surface area contributed by atoms with E-state index in [0.717, 1.165) is 0 Å². The fraction of sp³-hybridized carbons (Fsp3) is 0.214. The predicted molar refractivity (Wildman–Crippen MR) is 81.1 cm³/mol. The summed E-state index contributed by atoms with van der Waals surface area (Å²) in [5.74, 6) is 0.913. The topological polar surface area (TPSA) is 90.9 Å². The molecule has 0 aliphatic rings. The first-order valence-corrected chi connectivity index (χ1v) is 6.71. The lowest BCUT2D eigenvalue weighted by Gasteiger charge is -2.08. The Balaban J connectivity index is 1.61. The van der Waals surface area contributed by atoms with Gasteiger partial charge in [0, 0.05) is 13.1 Å². The van der Waals surface area contributed by atoms with Crippen LogP contribution in [0.5, 0.6) is 5.75 Å². The van der Waals surface area contributed by atoms with Gasteiger partial charge in [0.1, 0.15) is 24.0 Å². The average Bonchev–Trinajstić information content (AvgIpc) is 2.86. The number of hydrogen-bond donors (Lipinski definition) is 2. The second-order valence-corrected chi connectivity index (χ2v) is 4.67. The molecule has 0 amide bonds. The van der Waals surface area contributed by atoms with Gasteiger partial charge in [-0.25, -0.2) is 4.39 Å². The van der Waals surface area contributed by atoms with Crippen LogP contribution in [0.4, 0.5) is 16.2 Å². The molecule has 114 valence electrons. The van der Waals surface area contributed by atoms with Crippen molar-refractivity contribution in [3.05, 3.63) is 36.3 Å². The van der Waals surface area contributed by atoms with Gasteiger partial charge in [-0.1, -0.05) is 6.07 Å². The Kier molecular flexibility index (Phi) is 3.73. The molecule has 2 heterocycles. The van der Waals surface area contributed by atoms with E-state index in [9.17, 15) is 4.39 Å². The molecule has 0 saturated carbocycles. The summed E-state index contributed by atoms with van der Waals surface area (Å²) >= 11 is 0. The van der Waals surface area contributed by atoms with E-state index in [1.807, 2.05) is 0 Å². The molecule has 2 aromatic heterocycles. The van der Waals surface area contributed by atoms with Crippen molar-refractivity contribution in [1.82, 2.24) is 19.7 Å². The number of benzene rings is 1. The molecule has 22 heavy (non-hydrogen) atoms. The molecule has 0 radical (unpaired) electrons. The van der Waals surface area contributed by atoms with Gasteiger partial charge in [0.2, 0.25) is 5.95 Å². The van der Waals surface area contributed by atoms with E-state index in [1.54, 1.807) is 30.1 Å². The molecule has 0 saturated heterocycles. The quantitative estimate of drug-likeness (QED) is 0.695. The van der Waals surface area contributed by atoms with E-state index >= 15 is 0 Å². The molecule has 1 aromatic carbocycles. The van der Waals surface area contributed by atoms with Gasteiger partial charge in [-0.15, -0.1) is 0 Å². The zero-order valence-electron chi connectivity index (χ0n) is 12.0. The number of nitrogens with two attached hydrogens (primary N) is 1. The highest BCUT2D eigenvalue weighted by Gasteiger charge is 2.08. The third kappa shape index (κ3) is 2.90. The molecule has 0 unspecified atom stereocenters. The molecule has 0 bridgehead atoms. The number of rotatable bonds is 5. The van der Waals surface area contributed by atoms with Crippen LogP contribution < -0.4 is 15.8 Å². The van der Waals surface area contributed by atoms with Crippen LogP contribution in [0.1, 0.15) is 0 Å². The molecule has 0 aliphatic heterocycles. The fourth-order valence-electron chi connectivity index (χ4n) is 2.01. The standard InChI is InChI=1S/C14H15FN6O/c1-21-13-11(8-18-21)12(16)19-14(20-13)17-5-6-22-10-4-2-3-9(15)7-10/h2-4,7-8H,5-6H2,1H3,(H3,16,17,19,20). The number of aromatic nitrogens is 4. The maximum Gasteiger partial charge on any atom is 0.226 e. The van der Waals surface area contributed by atoms with Crippen molar-refractivity contribution < 1.29 is 9.13 Å². The van der Waals surface area contributed by atoms with Crippen LogP contribution >= 0.6 is 0 Å². The van der Waals surface area contributed by atoms with E-state index in [0.29, 0.717) is 41.7 Å². The van der Waals surface area contributed by atoms with Gasteiger partial charge < -0.3 is 15.8 Å². The van der Waals surface area contributed by atoms with E-state index in [2.05, 4.69) is 20.4 Å². The zero-order valence-corrected chi connectivity index (χ0v) is 12.0. The van der Waals surface area contributed by atoms with Crippen LogP contribution in [0.2, 0.25) is 0 Å². The Morgan fingerprint density at radius 1 is 1.36 bits per heavy atom. The first-order valence-electron chi connectivity index (χ1n) is 6.71. The van der Waals surface area contributed by atoms with Crippen LogP contribution in [-0.4, -0.2) is 32.9 Å². The van der Waals surface area contributed by atoms with Crippen LogP contribution in [-0.2, 0) is 7.05 Å². The summed E-state index contributed by atoms with van der Waals surface area (Å²) < 4.78 is 20.1. The molecule has 0 aliphatic carbocycles. The van der Waals surface area contributed by atoms with Gasteiger partial charge >= 0.3 is 0 Å². The highest BCUT2D eigenvalue weighted by molar-refractivity contribution is 5.86. The SMILES string of the molecule is Cn1ncc2c(N)nc(NCCOc3cccc(F)c3)nc21. The summed E-state index contributed by atoms with van der Waals surface area (Å²) in [6.45, 7) is 0.801. The Morgan fingerprint density at radius 2 is 2.23 bits per heavy atom. The molecule has 0 atom stereocenters. The maximum absolute atomic E-state index is 13.0. The van der Waals surface area contributed by atoms with E-state index in [1.165, 1.54) is 12.1 Å². The average molecular weight is 302 g/mol. The minimum absolute atomic E-state index is 0.330. The fourth-order valence-corrected chi connectivity index (χ4v) is 2.01. The number of hydrogen-bond acceptors (Lipinski definition) is 6. The van der Waals surface area contributed by atoms with Gasteiger partial charge in [-0.2, -0.15) is 15.1 Å². The molecule has 3 rings (SSSR count). The summed E-state index contributed by atoms with van der Waals surface area (Å²) in [7, 11) is 1.78. The first-order chi connectivity index (χ1) is 10.6. The van der Waals surface area contributed by atoms with Crippen molar-refractivity contribution in [2.24, 2.45) is 7.05 Å². The molecule has 0 fully saturated rings. The normalized spacial score (nSPS) is 10.8. The lowest BCUT2D eigenvalue weighted by Crippen LogP contribution is -2.14. The van der Waals surface area contributed by atoms with E-state index < -0.39 is 0 Å². The van der Waals surface area contributed by atoms with Crippen LogP contribution in [0.15, 0.2) is 30.5 Å². The zero-order chi connectivity index (χ0) is 15.5. The van der Waals surface area contributed by atoms with Gasteiger partial charge in [0.05, 0.1) is 18.1 Å². The van der Waals surface area contributed by atoms with Gasteiger partial charge in [0.25, 0.3) is 0 Å². The highest BCUT2D eigenvalue weighted by Crippen LogP contribution is 2.18. The van der Waals surface area contributed by atoms with Gasteiger partial charge in [-0.05, 0) is 12.1 Å². The van der Waals surface area contributed by atoms with Crippen molar-refractivity contribution in [1.29, 1.82) is 0 Å². The molecule has 7 nitrogen and oxygen atoms in total. The van der Waals surface area contributed by atoms with E-state index in [-0.39, 0.29) is 5.82 Å². The number of aryl methyl sites for hydroxylation is 1. The number of ether oxygens (including phenoxy) is 1. The summed E-state index contributed by atoms with van der Waals surface area (Å²) in [4.78, 5) is 8.50. The van der Waals surface area contributed by atoms with Crippen molar-refractivity contribution in [3.8, 4) is 5.75 Å². The van der Waals surface area contributed by atoms with Crippen LogP contribution in [0.25, 0.3) is 11.0 Å². The molecular formula is C14H15FN6O. The summed E-state index contributed by atoms with van der Waals surface area (Å²) in [5, 5.41) is 7.82. The van der Waals surface area contributed by atoms with Crippen molar-refractivity contribution in [3.63, 3.8) is 0 Å². The molecule has 3 aromatic rings. The number of nitrogen functional groups attached to an aromatic ring is 1. The highest BCUT2D eigenvalue weighted by atomic mass is 19.1. The molecular weight excluding hydrogens is 287 g/mol. The number of nitrogens with zero attached hydrogens (tertiary/aromatic N) is 4. The largest absolute Gasteiger partial charge is 0.492 e. The van der Waals surface area contributed by atoms with Crippen molar-refractivity contribution >= 4 is 22.8 Å². The van der Waals surface area contributed by atoms with Gasteiger partial charge in [0.15, 0.2) is 5.65 Å². The smallest absolute Gasteiger partial charge is 0.226 e. The maximum atomic E-state index is 13.0. The van der Waals surface area contributed by atoms with Crippen molar-refractivity contribution in [2.75, 3.05) is 24.2 Å².